The Bertz CT molecular complexity index is 1130. The number of nitriles is 1. The Morgan fingerprint density at radius 1 is 1.16 bits per heavy atom. The molecule has 9 heteroatoms. The summed E-state index contributed by atoms with van der Waals surface area (Å²) in [5.74, 6) is -0.637. The lowest BCUT2D eigenvalue weighted by Crippen LogP contribution is -2.49. The molecular weight excluding hydrogens is 420 g/mol. The quantitative estimate of drug-likeness (QED) is 0.488. The van der Waals surface area contributed by atoms with Crippen LogP contribution in [0.4, 0.5) is 0 Å². The van der Waals surface area contributed by atoms with Gasteiger partial charge in [-0.25, -0.2) is 8.42 Å². The minimum atomic E-state index is -3.32. The van der Waals surface area contributed by atoms with E-state index >= 15 is 0 Å². The summed E-state index contributed by atoms with van der Waals surface area (Å²) >= 11 is 0. The van der Waals surface area contributed by atoms with Gasteiger partial charge in [-0.1, -0.05) is 6.07 Å². The highest BCUT2D eigenvalue weighted by atomic mass is 32.2. The molecule has 1 unspecified atom stereocenters. The molecule has 1 atom stereocenters. The predicted octanol–water partition coefficient (Wildman–Crippen LogP) is 2.26. The van der Waals surface area contributed by atoms with E-state index in [-0.39, 0.29) is 34.6 Å². The van der Waals surface area contributed by atoms with Crippen molar-refractivity contribution in [3.8, 4) is 17.6 Å². The van der Waals surface area contributed by atoms with Gasteiger partial charge in [-0.2, -0.15) is 5.26 Å². The second-order valence-electron chi connectivity index (χ2n) is 7.28. The lowest BCUT2D eigenvalue weighted by molar-refractivity contribution is -0.142. The third kappa shape index (κ3) is 4.49. The van der Waals surface area contributed by atoms with Crippen LogP contribution in [0.5, 0.6) is 11.5 Å². The van der Waals surface area contributed by atoms with Crippen LogP contribution in [-0.4, -0.2) is 55.9 Å². The van der Waals surface area contributed by atoms with Crippen LogP contribution in [0.1, 0.15) is 32.8 Å². The van der Waals surface area contributed by atoms with Crippen molar-refractivity contribution in [2.75, 3.05) is 24.7 Å². The van der Waals surface area contributed by atoms with Gasteiger partial charge < -0.3 is 9.47 Å². The minimum Gasteiger partial charge on any atom is -0.490 e. The fourth-order valence-electron chi connectivity index (χ4n) is 3.73. The summed E-state index contributed by atoms with van der Waals surface area (Å²) < 4.78 is 35.0. The average Bonchev–Trinajstić information content (AvgIpc) is 3.07. The van der Waals surface area contributed by atoms with Crippen molar-refractivity contribution < 1.29 is 27.5 Å². The van der Waals surface area contributed by atoms with Gasteiger partial charge in [-0.15, -0.1) is 0 Å². The van der Waals surface area contributed by atoms with Crippen molar-refractivity contribution >= 4 is 27.7 Å². The fraction of sp³-hybridized carbons (Fsp3) is 0.409. The maximum atomic E-state index is 13.2. The van der Waals surface area contributed by atoms with Gasteiger partial charge in [0.15, 0.2) is 21.3 Å². The van der Waals surface area contributed by atoms with E-state index < -0.39 is 27.7 Å². The lowest BCUT2D eigenvalue weighted by atomic mass is 9.92. The summed E-state index contributed by atoms with van der Waals surface area (Å²) in [7, 11) is -3.32. The molecule has 0 radical (unpaired) electrons. The maximum Gasteiger partial charge on any atom is 0.271 e. The molecule has 0 saturated carbocycles. The van der Waals surface area contributed by atoms with Gasteiger partial charge in [0.05, 0.1) is 30.8 Å². The first-order valence-electron chi connectivity index (χ1n) is 10.0. The SMILES string of the molecule is CCOc1ccc(/C=C2/C(=O)N(C3CCS(=O)(=O)C3)C(=O)C(C#N)=C2C)cc1OCC. The monoisotopic (exact) mass is 444 g/mol. The molecule has 2 amide bonds. The van der Waals surface area contributed by atoms with Crippen molar-refractivity contribution in [2.24, 2.45) is 0 Å². The Morgan fingerprint density at radius 2 is 1.84 bits per heavy atom. The van der Waals surface area contributed by atoms with E-state index in [0.29, 0.717) is 30.3 Å². The zero-order valence-electron chi connectivity index (χ0n) is 17.7. The molecule has 3 rings (SSSR count). The minimum absolute atomic E-state index is 0.0883. The zero-order chi connectivity index (χ0) is 22.8. The van der Waals surface area contributed by atoms with E-state index in [1.165, 1.54) is 0 Å². The van der Waals surface area contributed by atoms with Gasteiger partial charge in [0.2, 0.25) is 0 Å². The van der Waals surface area contributed by atoms with E-state index in [2.05, 4.69) is 0 Å². The highest BCUT2D eigenvalue weighted by Gasteiger charge is 2.43. The fourth-order valence-corrected chi connectivity index (χ4v) is 5.43. The van der Waals surface area contributed by atoms with Crippen LogP contribution >= 0.6 is 0 Å². The van der Waals surface area contributed by atoms with Crippen LogP contribution in [0.15, 0.2) is 34.9 Å². The van der Waals surface area contributed by atoms with Crippen LogP contribution in [0.25, 0.3) is 6.08 Å². The molecule has 0 N–H and O–H groups in total. The molecule has 1 fully saturated rings. The zero-order valence-corrected chi connectivity index (χ0v) is 18.5. The summed E-state index contributed by atoms with van der Waals surface area (Å²) in [6, 6.07) is 6.29. The largest absolute Gasteiger partial charge is 0.490 e. The molecule has 2 aliphatic rings. The number of amides is 2. The Labute approximate surface area is 181 Å². The topological polar surface area (TPSA) is 114 Å². The molecule has 0 spiro atoms. The van der Waals surface area contributed by atoms with Crippen LogP contribution < -0.4 is 9.47 Å². The molecule has 31 heavy (non-hydrogen) atoms. The number of imide groups is 1. The second-order valence-corrected chi connectivity index (χ2v) is 9.51. The smallest absolute Gasteiger partial charge is 0.271 e. The number of sulfone groups is 1. The number of hydrogen-bond acceptors (Lipinski definition) is 7. The molecule has 8 nitrogen and oxygen atoms in total. The maximum absolute atomic E-state index is 13.2. The van der Waals surface area contributed by atoms with Crippen molar-refractivity contribution in [1.82, 2.24) is 4.90 Å². The first-order chi connectivity index (χ1) is 14.7. The van der Waals surface area contributed by atoms with Crippen LogP contribution in [0, 0.1) is 11.3 Å². The lowest BCUT2D eigenvalue weighted by Gasteiger charge is -2.31. The molecule has 0 aromatic heterocycles. The number of hydrogen-bond donors (Lipinski definition) is 0. The molecule has 0 bridgehead atoms. The second kappa shape index (κ2) is 8.94. The average molecular weight is 445 g/mol. The summed E-state index contributed by atoms with van der Waals surface area (Å²) in [5.41, 5.74) is 0.903. The number of carbonyl (C=O) groups excluding carboxylic acids is 2. The van der Waals surface area contributed by atoms with E-state index in [9.17, 15) is 23.3 Å². The highest BCUT2D eigenvalue weighted by Crippen LogP contribution is 2.33. The standard InChI is InChI=1S/C22H24N2O6S/c1-4-29-19-7-6-15(11-20(19)30-5-2)10-17-14(3)18(12-23)22(26)24(21(17)25)16-8-9-31(27,28)13-16/h6-7,10-11,16H,4-5,8-9,13H2,1-3H3/b17-10+. The molecule has 164 valence electrons. The normalized spacial score (nSPS) is 22.1. The van der Waals surface area contributed by atoms with Gasteiger partial charge in [0, 0.05) is 5.57 Å². The third-order valence-corrected chi connectivity index (χ3v) is 6.98. The van der Waals surface area contributed by atoms with Gasteiger partial charge in [-0.05, 0) is 56.5 Å². The van der Waals surface area contributed by atoms with E-state index in [1.807, 2.05) is 19.9 Å². The summed E-state index contributed by atoms with van der Waals surface area (Å²) in [6.45, 7) is 6.14. The molecular formula is C22H24N2O6S. The van der Waals surface area contributed by atoms with Crippen molar-refractivity contribution in [1.29, 1.82) is 5.26 Å². The number of nitrogens with zero attached hydrogens (tertiary/aromatic N) is 2. The summed E-state index contributed by atoms with van der Waals surface area (Å²) in [4.78, 5) is 27.0. The Balaban J connectivity index is 2.06. The summed E-state index contributed by atoms with van der Waals surface area (Å²) in [6.07, 6.45) is 1.75. The van der Waals surface area contributed by atoms with E-state index in [1.54, 1.807) is 31.2 Å². The summed E-state index contributed by atoms with van der Waals surface area (Å²) in [5, 5.41) is 9.53. The first-order valence-corrected chi connectivity index (χ1v) is 11.9. The molecule has 1 aromatic rings. The molecule has 1 aromatic carbocycles. The number of rotatable bonds is 6. The Kier molecular flexibility index (Phi) is 6.51. The number of benzene rings is 1. The van der Waals surface area contributed by atoms with Gasteiger partial charge in [0.1, 0.15) is 11.6 Å². The van der Waals surface area contributed by atoms with Gasteiger partial charge >= 0.3 is 0 Å². The molecule has 0 aliphatic carbocycles. The van der Waals surface area contributed by atoms with Crippen LogP contribution in [0.2, 0.25) is 0 Å². The van der Waals surface area contributed by atoms with E-state index in [0.717, 1.165) is 4.90 Å². The van der Waals surface area contributed by atoms with Crippen LogP contribution in [0.3, 0.4) is 0 Å². The number of ether oxygens (including phenoxy) is 2. The number of carbonyl (C=O) groups is 2. The van der Waals surface area contributed by atoms with Crippen molar-refractivity contribution in [3.05, 3.63) is 40.5 Å². The van der Waals surface area contributed by atoms with Crippen molar-refractivity contribution in [3.63, 3.8) is 0 Å². The predicted molar refractivity (Wildman–Crippen MR) is 114 cm³/mol. The molecule has 2 aliphatic heterocycles. The van der Waals surface area contributed by atoms with Crippen LogP contribution in [-0.2, 0) is 19.4 Å². The van der Waals surface area contributed by atoms with Crippen molar-refractivity contribution in [2.45, 2.75) is 33.2 Å². The van der Waals surface area contributed by atoms with Gasteiger partial charge in [-0.3, -0.25) is 14.5 Å². The molecule has 1 saturated heterocycles. The first kappa shape index (κ1) is 22.6. The van der Waals surface area contributed by atoms with Gasteiger partial charge in [0.25, 0.3) is 11.8 Å². The Morgan fingerprint density at radius 3 is 2.42 bits per heavy atom. The Hall–Kier alpha value is -3.12. The molecule has 2 heterocycles. The van der Waals surface area contributed by atoms with E-state index in [4.69, 9.17) is 9.47 Å². The highest BCUT2D eigenvalue weighted by molar-refractivity contribution is 7.91. The third-order valence-electron chi connectivity index (χ3n) is 5.22.